The molecule has 1 aliphatic rings. The topological polar surface area (TPSA) is 143 Å². The third kappa shape index (κ3) is 5.00. The number of nitriles is 1. The van der Waals surface area contributed by atoms with Crippen LogP contribution in [0, 0.1) is 11.3 Å². The number of anilines is 1. The van der Waals surface area contributed by atoms with E-state index in [2.05, 4.69) is 36.3 Å². The molecule has 0 unspecified atom stereocenters. The minimum Gasteiger partial charge on any atom is -0.351 e. The van der Waals surface area contributed by atoms with E-state index < -0.39 is 27.5 Å². The van der Waals surface area contributed by atoms with E-state index in [0.29, 0.717) is 35.8 Å². The fraction of sp³-hybridized carbons (Fsp3) is 0.304. The third-order valence-electron chi connectivity index (χ3n) is 6.18. The van der Waals surface area contributed by atoms with Crippen molar-refractivity contribution >= 4 is 27.0 Å². The van der Waals surface area contributed by atoms with Gasteiger partial charge in [-0.3, -0.25) is 9.97 Å². The molecule has 15 heteroatoms. The van der Waals surface area contributed by atoms with E-state index in [1.807, 2.05) is 0 Å². The van der Waals surface area contributed by atoms with Gasteiger partial charge in [0.25, 0.3) is 0 Å². The summed E-state index contributed by atoms with van der Waals surface area (Å²) in [5.74, 6) is -0.0287. The summed E-state index contributed by atoms with van der Waals surface area (Å²) < 4.78 is 67.8. The molecule has 0 aliphatic carbocycles. The van der Waals surface area contributed by atoms with Crippen LogP contribution in [0.15, 0.2) is 43.2 Å². The maximum Gasteiger partial charge on any atom is 0.420 e. The van der Waals surface area contributed by atoms with Crippen LogP contribution < -0.4 is 5.32 Å². The summed E-state index contributed by atoms with van der Waals surface area (Å²) in [6.07, 6.45) is 3.57. The molecule has 4 aromatic rings. The number of alkyl halides is 3. The zero-order valence-electron chi connectivity index (χ0n) is 19.9. The highest BCUT2D eigenvalue weighted by molar-refractivity contribution is 7.88. The van der Waals surface area contributed by atoms with E-state index in [1.165, 1.54) is 33.8 Å². The summed E-state index contributed by atoms with van der Waals surface area (Å²) in [6.45, 7) is 0.567. The summed E-state index contributed by atoms with van der Waals surface area (Å²) >= 11 is 0. The molecular weight excluding hydrogens is 523 g/mol. The number of rotatable bonds is 5. The zero-order chi connectivity index (χ0) is 27.1. The van der Waals surface area contributed by atoms with Gasteiger partial charge in [-0.25, -0.2) is 27.7 Å². The molecule has 0 spiro atoms. The number of hydrogen-bond acceptors (Lipinski definition) is 9. The van der Waals surface area contributed by atoms with Crippen LogP contribution >= 0.6 is 0 Å². The van der Waals surface area contributed by atoms with Crippen LogP contribution in [0.1, 0.15) is 24.0 Å². The number of nitrogens with zero attached hydrogens (tertiary/aromatic N) is 8. The Hall–Kier alpha value is -4.16. The number of piperidine rings is 1. The molecule has 1 N–H and O–H groups in total. The molecule has 11 nitrogen and oxygen atoms in total. The predicted molar refractivity (Wildman–Crippen MR) is 130 cm³/mol. The van der Waals surface area contributed by atoms with Crippen LogP contribution in [0.5, 0.6) is 0 Å². The lowest BCUT2D eigenvalue weighted by Crippen LogP contribution is -2.42. The van der Waals surface area contributed by atoms with Crippen LogP contribution in [0.4, 0.5) is 19.1 Å². The van der Waals surface area contributed by atoms with Gasteiger partial charge in [0.1, 0.15) is 40.4 Å². The SMILES string of the molecule is CS(=O)(=O)N1CCC(Nc2ncc(C(F)(F)F)c(-c3cn(-c4ccc5nccnc5c4C#N)cn3)n2)CC1. The van der Waals surface area contributed by atoms with E-state index >= 15 is 0 Å². The van der Waals surface area contributed by atoms with Crippen molar-refractivity contribution in [3.63, 3.8) is 0 Å². The molecule has 1 fully saturated rings. The van der Waals surface area contributed by atoms with E-state index in [1.54, 1.807) is 12.1 Å². The van der Waals surface area contributed by atoms with Gasteiger partial charge in [-0.15, -0.1) is 0 Å². The van der Waals surface area contributed by atoms with Gasteiger partial charge in [0.05, 0.1) is 17.5 Å². The third-order valence-corrected chi connectivity index (χ3v) is 7.49. The Morgan fingerprint density at radius 2 is 1.84 bits per heavy atom. The summed E-state index contributed by atoms with van der Waals surface area (Å²) in [7, 11) is -3.31. The zero-order valence-corrected chi connectivity index (χ0v) is 20.7. The van der Waals surface area contributed by atoms with Gasteiger partial charge in [-0.2, -0.15) is 18.4 Å². The van der Waals surface area contributed by atoms with Crippen molar-refractivity contribution in [2.45, 2.75) is 25.1 Å². The lowest BCUT2D eigenvalue weighted by atomic mass is 10.1. The van der Waals surface area contributed by atoms with Gasteiger partial charge in [0.15, 0.2) is 0 Å². The summed E-state index contributed by atoms with van der Waals surface area (Å²) in [5, 5.41) is 12.8. The molecule has 3 aromatic heterocycles. The molecule has 0 saturated carbocycles. The second-order valence-corrected chi connectivity index (χ2v) is 10.7. The molecule has 0 atom stereocenters. The first-order chi connectivity index (χ1) is 18.0. The molecule has 38 heavy (non-hydrogen) atoms. The Morgan fingerprint density at radius 3 is 2.53 bits per heavy atom. The van der Waals surface area contributed by atoms with Gasteiger partial charge in [0.2, 0.25) is 16.0 Å². The molecule has 0 bridgehead atoms. The standard InChI is InChI=1S/C23H20F3N9O2S/c1-38(36,37)35-8-4-14(5-9-35)32-22-30-11-16(23(24,25)26)21(33-22)18-12-34(13-31-18)19-3-2-17-20(15(19)10-27)29-7-6-28-17/h2-3,6-7,11-14H,4-5,8-9H2,1H3,(H,30,32,33). The van der Waals surface area contributed by atoms with Crippen molar-refractivity contribution in [1.29, 1.82) is 5.26 Å². The Balaban J connectivity index is 1.48. The van der Waals surface area contributed by atoms with Gasteiger partial charge >= 0.3 is 6.18 Å². The maximum atomic E-state index is 13.8. The average Bonchev–Trinajstić information content (AvgIpc) is 3.37. The van der Waals surface area contributed by atoms with Crippen LogP contribution in [-0.2, 0) is 16.2 Å². The van der Waals surface area contributed by atoms with E-state index in [4.69, 9.17) is 0 Å². The number of nitrogens with one attached hydrogen (secondary N) is 1. The monoisotopic (exact) mass is 543 g/mol. The van der Waals surface area contributed by atoms with Gasteiger partial charge in [0, 0.05) is 43.9 Å². The summed E-state index contributed by atoms with van der Waals surface area (Å²) in [5.41, 5.74) is -0.140. The highest BCUT2D eigenvalue weighted by Gasteiger charge is 2.36. The molecule has 1 saturated heterocycles. The van der Waals surface area contributed by atoms with Gasteiger partial charge < -0.3 is 9.88 Å². The van der Waals surface area contributed by atoms with Gasteiger partial charge in [-0.1, -0.05) is 0 Å². The van der Waals surface area contributed by atoms with Crippen molar-refractivity contribution in [2.75, 3.05) is 24.7 Å². The Bertz CT molecular complexity index is 1660. The lowest BCUT2D eigenvalue weighted by Gasteiger charge is -2.30. The number of aromatic nitrogens is 6. The second-order valence-electron chi connectivity index (χ2n) is 8.70. The van der Waals surface area contributed by atoms with E-state index in [-0.39, 0.29) is 36.3 Å². The molecule has 5 rings (SSSR count). The molecule has 0 amide bonds. The normalized spacial score (nSPS) is 15.4. The molecule has 196 valence electrons. The smallest absolute Gasteiger partial charge is 0.351 e. The Kier molecular flexibility index (Phi) is 6.45. The summed E-state index contributed by atoms with van der Waals surface area (Å²) in [6, 6.07) is 5.13. The maximum absolute atomic E-state index is 13.8. The minimum absolute atomic E-state index is 0.0287. The molecule has 1 aromatic carbocycles. The molecule has 4 heterocycles. The first-order valence-corrected chi connectivity index (χ1v) is 13.2. The number of sulfonamides is 1. The average molecular weight is 544 g/mol. The van der Waals surface area contributed by atoms with E-state index in [0.717, 1.165) is 6.26 Å². The molecule has 0 radical (unpaired) electrons. The van der Waals surface area contributed by atoms with E-state index in [9.17, 15) is 26.9 Å². The number of imidazole rings is 1. The lowest BCUT2D eigenvalue weighted by molar-refractivity contribution is -0.137. The predicted octanol–water partition coefficient (Wildman–Crippen LogP) is 3.00. The first kappa shape index (κ1) is 25.5. The summed E-state index contributed by atoms with van der Waals surface area (Å²) in [4.78, 5) is 20.5. The van der Waals surface area contributed by atoms with Crippen molar-refractivity contribution in [1.82, 2.24) is 33.8 Å². The number of hydrogen-bond donors (Lipinski definition) is 1. The quantitative estimate of drug-likeness (QED) is 0.402. The fourth-order valence-electron chi connectivity index (χ4n) is 4.30. The van der Waals surface area contributed by atoms with Crippen molar-refractivity contribution in [3.8, 4) is 23.1 Å². The fourth-order valence-corrected chi connectivity index (χ4v) is 5.17. The number of benzene rings is 1. The largest absolute Gasteiger partial charge is 0.420 e. The van der Waals surface area contributed by atoms with Crippen molar-refractivity contribution in [2.24, 2.45) is 0 Å². The van der Waals surface area contributed by atoms with Gasteiger partial charge in [-0.05, 0) is 25.0 Å². The molecular formula is C23H20F3N9O2S. The van der Waals surface area contributed by atoms with Crippen LogP contribution in [0.2, 0.25) is 0 Å². The second kappa shape index (κ2) is 9.62. The van der Waals surface area contributed by atoms with Crippen LogP contribution in [0.25, 0.3) is 28.1 Å². The number of fused-ring (bicyclic) bond motifs is 1. The Morgan fingerprint density at radius 1 is 1.11 bits per heavy atom. The van der Waals surface area contributed by atoms with Crippen LogP contribution in [0.3, 0.4) is 0 Å². The van der Waals surface area contributed by atoms with Crippen molar-refractivity contribution in [3.05, 3.63) is 54.4 Å². The van der Waals surface area contributed by atoms with Crippen LogP contribution in [-0.4, -0.2) is 67.6 Å². The molecule has 1 aliphatic heterocycles. The highest BCUT2D eigenvalue weighted by atomic mass is 32.2. The minimum atomic E-state index is -4.74. The Labute approximate surface area is 215 Å². The van der Waals surface area contributed by atoms with Crippen molar-refractivity contribution < 1.29 is 21.6 Å². The number of halogens is 3. The highest BCUT2D eigenvalue weighted by Crippen LogP contribution is 2.36. The first-order valence-electron chi connectivity index (χ1n) is 11.4.